The van der Waals surface area contributed by atoms with E-state index in [1.807, 2.05) is 54.6 Å². The first-order valence-electron chi connectivity index (χ1n) is 6.75. The minimum atomic E-state index is 0.354. The molecule has 0 unspecified atom stereocenters. The van der Waals surface area contributed by atoms with E-state index in [0.717, 1.165) is 17.1 Å². The molecule has 5 N–H and O–H groups in total. The van der Waals surface area contributed by atoms with E-state index in [1.54, 1.807) is 7.11 Å². The third-order valence-electron chi connectivity index (χ3n) is 2.73. The smallest absolute Gasteiger partial charge is 0.204 e. The molecule has 6 nitrogen and oxygen atoms in total. The fraction of sp³-hybridized carbons (Fsp3) is 0.0667. The van der Waals surface area contributed by atoms with Crippen molar-refractivity contribution >= 4 is 46.0 Å². The van der Waals surface area contributed by atoms with Gasteiger partial charge in [0.05, 0.1) is 12.8 Å². The first-order valence-corrected chi connectivity index (χ1v) is 7.57. The van der Waals surface area contributed by atoms with Gasteiger partial charge in [-0.05, 0) is 60.8 Å². The minimum absolute atomic E-state index is 0.354. The number of hydrazine groups is 2. The lowest BCUT2D eigenvalue weighted by Gasteiger charge is -2.15. The van der Waals surface area contributed by atoms with Gasteiger partial charge in [0, 0.05) is 5.69 Å². The maximum Gasteiger partial charge on any atom is 0.204 e. The standard InChI is InChI=1S/C15H17N5OS2/c1-21-13-9-7-11(8-10-13)16-14(22)18-20-15(23)19-17-12-5-3-2-4-6-12/h2-10,17H,1H3,(H2,16,18,22)(H2,19,20,23). The zero-order valence-electron chi connectivity index (χ0n) is 12.4. The lowest BCUT2D eigenvalue weighted by atomic mass is 10.3. The highest BCUT2D eigenvalue weighted by atomic mass is 32.1. The molecule has 0 bridgehead atoms. The van der Waals surface area contributed by atoms with E-state index < -0.39 is 0 Å². The number of para-hydroxylation sites is 1. The molecule has 0 heterocycles. The first kappa shape index (κ1) is 16.8. The second-order valence-corrected chi connectivity index (χ2v) is 5.19. The number of nitrogens with one attached hydrogen (secondary N) is 5. The van der Waals surface area contributed by atoms with Gasteiger partial charge in [-0.3, -0.25) is 21.7 Å². The van der Waals surface area contributed by atoms with Gasteiger partial charge in [-0.2, -0.15) is 0 Å². The summed E-state index contributed by atoms with van der Waals surface area (Å²) in [4.78, 5) is 0. The number of rotatable bonds is 4. The molecule has 0 amide bonds. The predicted octanol–water partition coefficient (Wildman–Crippen LogP) is 2.39. The number of thiocarbonyl (C=S) groups is 2. The van der Waals surface area contributed by atoms with Crippen LogP contribution in [0.1, 0.15) is 0 Å². The van der Waals surface area contributed by atoms with Gasteiger partial charge in [0.25, 0.3) is 0 Å². The molecule has 23 heavy (non-hydrogen) atoms. The predicted molar refractivity (Wildman–Crippen MR) is 101 cm³/mol. The largest absolute Gasteiger partial charge is 0.497 e. The Labute approximate surface area is 145 Å². The Morgan fingerprint density at radius 1 is 0.783 bits per heavy atom. The average Bonchev–Trinajstić information content (AvgIpc) is 2.60. The summed E-state index contributed by atoms with van der Waals surface area (Å²) in [5.41, 5.74) is 13.1. The van der Waals surface area contributed by atoms with E-state index >= 15 is 0 Å². The topological polar surface area (TPSA) is 69.4 Å². The molecule has 2 rings (SSSR count). The van der Waals surface area contributed by atoms with E-state index in [0.29, 0.717) is 10.2 Å². The van der Waals surface area contributed by atoms with Gasteiger partial charge < -0.3 is 10.1 Å². The van der Waals surface area contributed by atoms with E-state index in [9.17, 15) is 0 Å². The van der Waals surface area contributed by atoms with Crippen molar-refractivity contribution in [1.82, 2.24) is 16.3 Å². The summed E-state index contributed by atoms with van der Waals surface area (Å²) >= 11 is 10.3. The van der Waals surface area contributed by atoms with Gasteiger partial charge in [0.1, 0.15) is 5.75 Å². The molecular formula is C15H17N5OS2. The van der Waals surface area contributed by atoms with Crippen molar-refractivity contribution in [3.05, 3.63) is 54.6 Å². The van der Waals surface area contributed by atoms with Crippen LogP contribution in [0, 0.1) is 0 Å². The van der Waals surface area contributed by atoms with Crippen molar-refractivity contribution in [2.45, 2.75) is 0 Å². The summed E-state index contributed by atoms with van der Waals surface area (Å²) in [5, 5.41) is 3.76. The van der Waals surface area contributed by atoms with Crippen LogP contribution in [0.4, 0.5) is 11.4 Å². The van der Waals surface area contributed by atoms with Crippen LogP contribution in [-0.2, 0) is 0 Å². The molecule has 0 aromatic heterocycles. The number of ether oxygens (including phenoxy) is 1. The fourth-order valence-electron chi connectivity index (χ4n) is 1.63. The van der Waals surface area contributed by atoms with Crippen molar-refractivity contribution in [2.24, 2.45) is 0 Å². The van der Waals surface area contributed by atoms with Crippen LogP contribution in [0.3, 0.4) is 0 Å². The SMILES string of the molecule is COc1ccc(NC(=S)NNC(=S)NNc2ccccc2)cc1. The zero-order chi connectivity index (χ0) is 16.5. The maximum absolute atomic E-state index is 5.17. The Balaban J connectivity index is 1.69. The lowest BCUT2D eigenvalue weighted by Crippen LogP contribution is -2.49. The molecule has 0 fully saturated rings. The van der Waals surface area contributed by atoms with Crippen molar-refractivity contribution in [3.8, 4) is 5.75 Å². The van der Waals surface area contributed by atoms with Crippen molar-refractivity contribution in [3.63, 3.8) is 0 Å². The summed E-state index contributed by atoms with van der Waals surface area (Å²) in [6, 6.07) is 17.0. The fourth-order valence-corrected chi connectivity index (χ4v) is 1.90. The third kappa shape index (κ3) is 5.97. The molecule has 0 saturated heterocycles. The molecule has 0 atom stereocenters. The van der Waals surface area contributed by atoms with Crippen LogP contribution in [0.5, 0.6) is 5.75 Å². The van der Waals surface area contributed by atoms with E-state index in [4.69, 9.17) is 29.2 Å². The van der Waals surface area contributed by atoms with Gasteiger partial charge in [0.15, 0.2) is 5.11 Å². The summed E-state index contributed by atoms with van der Waals surface area (Å²) in [7, 11) is 1.62. The molecule has 0 spiro atoms. The van der Waals surface area contributed by atoms with Gasteiger partial charge in [0.2, 0.25) is 5.11 Å². The number of benzene rings is 2. The van der Waals surface area contributed by atoms with E-state index in [2.05, 4.69) is 27.0 Å². The van der Waals surface area contributed by atoms with Crippen LogP contribution in [0.25, 0.3) is 0 Å². The summed E-state index contributed by atoms with van der Waals surface area (Å²) < 4.78 is 5.10. The molecule has 0 aliphatic rings. The zero-order valence-corrected chi connectivity index (χ0v) is 14.1. The minimum Gasteiger partial charge on any atom is -0.497 e. The van der Waals surface area contributed by atoms with Crippen molar-refractivity contribution < 1.29 is 4.74 Å². The number of anilines is 2. The Morgan fingerprint density at radius 3 is 2.09 bits per heavy atom. The lowest BCUT2D eigenvalue weighted by molar-refractivity contribution is 0.415. The molecule has 2 aromatic carbocycles. The Bertz CT molecular complexity index is 649. The Kier molecular flexibility index (Phi) is 6.40. The Morgan fingerprint density at radius 2 is 1.43 bits per heavy atom. The Hall–Kier alpha value is -2.58. The van der Waals surface area contributed by atoms with Crippen molar-refractivity contribution in [1.29, 1.82) is 0 Å². The summed E-state index contributed by atoms with van der Waals surface area (Å²) in [6.07, 6.45) is 0. The molecule has 0 saturated carbocycles. The molecule has 2 aromatic rings. The van der Waals surface area contributed by atoms with Gasteiger partial charge in [-0.15, -0.1) is 0 Å². The molecular weight excluding hydrogens is 330 g/mol. The highest BCUT2D eigenvalue weighted by Gasteiger charge is 1.99. The maximum atomic E-state index is 5.17. The monoisotopic (exact) mass is 347 g/mol. The molecule has 120 valence electrons. The number of hydrogen-bond acceptors (Lipinski definition) is 4. The van der Waals surface area contributed by atoms with Crippen LogP contribution in [0.2, 0.25) is 0 Å². The van der Waals surface area contributed by atoms with Gasteiger partial charge in [-0.1, -0.05) is 18.2 Å². The molecule has 8 heteroatoms. The molecule has 0 aliphatic carbocycles. The number of methoxy groups -OCH3 is 1. The third-order valence-corrected chi connectivity index (χ3v) is 3.14. The van der Waals surface area contributed by atoms with Crippen LogP contribution in [-0.4, -0.2) is 17.3 Å². The summed E-state index contributed by atoms with van der Waals surface area (Å²) in [6.45, 7) is 0. The normalized spacial score (nSPS) is 9.43. The van der Waals surface area contributed by atoms with E-state index in [1.165, 1.54) is 0 Å². The number of hydrogen-bond donors (Lipinski definition) is 5. The van der Waals surface area contributed by atoms with Crippen LogP contribution >= 0.6 is 24.4 Å². The summed E-state index contributed by atoms with van der Waals surface area (Å²) in [5.74, 6) is 0.782. The van der Waals surface area contributed by atoms with Crippen LogP contribution < -0.4 is 31.8 Å². The molecule has 0 aliphatic heterocycles. The molecule has 0 radical (unpaired) electrons. The van der Waals surface area contributed by atoms with Gasteiger partial charge >= 0.3 is 0 Å². The van der Waals surface area contributed by atoms with Crippen LogP contribution in [0.15, 0.2) is 54.6 Å². The first-order chi connectivity index (χ1) is 11.2. The quantitative estimate of drug-likeness (QED) is 0.427. The average molecular weight is 347 g/mol. The van der Waals surface area contributed by atoms with Gasteiger partial charge in [-0.25, -0.2) is 0 Å². The van der Waals surface area contributed by atoms with E-state index in [-0.39, 0.29) is 0 Å². The highest BCUT2D eigenvalue weighted by molar-refractivity contribution is 7.80. The second kappa shape index (κ2) is 8.76. The highest BCUT2D eigenvalue weighted by Crippen LogP contribution is 2.14. The van der Waals surface area contributed by atoms with Crippen molar-refractivity contribution in [2.75, 3.05) is 17.9 Å². The second-order valence-electron chi connectivity index (χ2n) is 4.38.